The zero-order valence-electron chi connectivity index (χ0n) is 19.7. The van der Waals surface area contributed by atoms with Gasteiger partial charge in [-0.15, -0.1) is 11.3 Å². The Balaban J connectivity index is 1.57. The Labute approximate surface area is 212 Å². The molecule has 3 N–H and O–H groups in total. The van der Waals surface area contributed by atoms with Crippen molar-refractivity contribution < 1.29 is 4.79 Å². The number of nitrogens with zero attached hydrogens (tertiary/aromatic N) is 4. The molecule has 1 fully saturated rings. The number of nitrogens with two attached hydrogens (primary N) is 1. The summed E-state index contributed by atoms with van der Waals surface area (Å²) in [6, 6.07) is 19.1. The maximum Gasteiger partial charge on any atom is 0.273 e. The molecule has 8 nitrogen and oxygen atoms in total. The number of nitrogens with one attached hydrogen (secondary N) is 1. The van der Waals surface area contributed by atoms with E-state index in [1.807, 2.05) is 47.4 Å². The van der Waals surface area contributed by atoms with E-state index in [9.17, 15) is 14.9 Å². The average Bonchev–Trinajstić information content (AvgIpc) is 3.34. The molecule has 1 atom stereocenters. The molecular formula is C27H26N6O2S. The molecule has 0 spiro atoms. The lowest BCUT2D eigenvalue weighted by Gasteiger charge is -2.33. The number of benzene rings is 2. The lowest BCUT2D eigenvalue weighted by atomic mass is 10.1. The molecule has 0 saturated carbocycles. The molecule has 0 aliphatic carbocycles. The summed E-state index contributed by atoms with van der Waals surface area (Å²) in [5, 5.41) is 14.2. The van der Waals surface area contributed by atoms with Crippen molar-refractivity contribution in [3.63, 3.8) is 0 Å². The number of carbonyl (C=O) groups excluding carboxylic acids is 1. The minimum absolute atomic E-state index is 0.0256. The number of nitriles is 1. The summed E-state index contributed by atoms with van der Waals surface area (Å²) in [5.41, 5.74) is 9.04. The molecule has 4 aromatic rings. The molecule has 3 heterocycles. The Morgan fingerprint density at radius 1 is 1.19 bits per heavy atom. The summed E-state index contributed by atoms with van der Waals surface area (Å²) in [6.07, 6.45) is 1.80. The molecule has 1 aliphatic heterocycles. The van der Waals surface area contributed by atoms with Crippen LogP contribution in [0, 0.1) is 11.3 Å². The van der Waals surface area contributed by atoms with Crippen LogP contribution in [0.4, 0.5) is 5.95 Å². The van der Waals surface area contributed by atoms with E-state index in [0.29, 0.717) is 46.9 Å². The molecule has 5 rings (SSSR count). The van der Waals surface area contributed by atoms with Crippen molar-refractivity contribution in [3.05, 3.63) is 92.6 Å². The normalized spacial score (nSPS) is 15.6. The number of hydrogen-bond acceptors (Lipinski definition) is 7. The van der Waals surface area contributed by atoms with Gasteiger partial charge < -0.3 is 16.0 Å². The van der Waals surface area contributed by atoms with Crippen LogP contribution < -0.4 is 21.5 Å². The molecule has 9 heteroatoms. The van der Waals surface area contributed by atoms with E-state index >= 15 is 0 Å². The van der Waals surface area contributed by atoms with Gasteiger partial charge in [0, 0.05) is 31.1 Å². The monoisotopic (exact) mass is 498 g/mol. The number of anilines is 1. The molecule has 2 aromatic carbocycles. The first-order valence-corrected chi connectivity index (χ1v) is 12.8. The van der Waals surface area contributed by atoms with E-state index < -0.39 is 0 Å². The second-order valence-electron chi connectivity index (χ2n) is 8.92. The van der Waals surface area contributed by atoms with Gasteiger partial charge in [0.2, 0.25) is 5.95 Å². The second-order valence-corrected chi connectivity index (χ2v) is 9.80. The molecular weight excluding hydrogens is 472 g/mol. The number of aromatic nitrogens is 2. The van der Waals surface area contributed by atoms with Gasteiger partial charge in [0.25, 0.3) is 11.5 Å². The average molecular weight is 499 g/mol. The number of piperidine rings is 1. The Bertz CT molecular complexity index is 1500. The summed E-state index contributed by atoms with van der Waals surface area (Å²) in [6.45, 7) is 1.87. The predicted molar refractivity (Wildman–Crippen MR) is 141 cm³/mol. The van der Waals surface area contributed by atoms with Crippen molar-refractivity contribution >= 4 is 33.4 Å². The topological polar surface area (TPSA) is 117 Å². The zero-order chi connectivity index (χ0) is 25.1. The highest BCUT2D eigenvalue weighted by molar-refractivity contribution is 7.17. The van der Waals surface area contributed by atoms with Crippen molar-refractivity contribution in [2.45, 2.75) is 32.0 Å². The maximum atomic E-state index is 13.8. The lowest BCUT2D eigenvalue weighted by Crippen LogP contribution is -2.45. The molecule has 2 aromatic heterocycles. The second kappa shape index (κ2) is 10.3. The van der Waals surface area contributed by atoms with Gasteiger partial charge in [-0.05, 0) is 30.0 Å². The summed E-state index contributed by atoms with van der Waals surface area (Å²) in [4.78, 5) is 33.7. The number of fused-ring (bicyclic) bond motifs is 1. The van der Waals surface area contributed by atoms with E-state index in [1.165, 1.54) is 11.3 Å². The van der Waals surface area contributed by atoms with Gasteiger partial charge in [0.05, 0.1) is 23.7 Å². The summed E-state index contributed by atoms with van der Waals surface area (Å²) >= 11 is 1.22. The van der Waals surface area contributed by atoms with Crippen LogP contribution in [-0.2, 0) is 13.1 Å². The minimum Gasteiger partial charge on any atom is -0.348 e. The highest BCUT2D eigenvalue weighted by Crippen LogP contribution is 2.26. The number of thiophene rings is 1. The van der Waals surface area contributed by atoms with Crippen molar-refractivity contribution in [1.29, 1.82) is 5.26 Å². The van der Waals surface area contributed by atoms with Crippen molar-refractivity contribution in [2.24, 2.45) is 5.73 Å². The van der Waals surface area contributed by atoms with E-state index in [2.05, 4.69) is 11.4 Å². The van der Waals surface area contributed by atoms with E-state index in [1.54, 1.807) is 22.1 Å². The molecule has 182 valence electrons. The Kier molecular flexibility index (Phi) is 6.80. The largest absolute Gasteiger partial charge is 0.348 e. The van der Waals surface area contributed by atoms with Crippen LogP contribution >= 0.6 is 11.3 Å². The molecule has 1 amide bonds. The fourth-order valence-corrected chi connectivity index (χ4v) is 5.47. The molecule has 1 unspecified atom stereocenters. The first kappa shape index (κ1) is 23.7. The fourth-order valence-electron chi connectivity index (χ4n) is 4.54. The van der Waals surface area contributed by atoms with Gasteiger partial charge in [-0.25, -0.2) is 4.98 Å². The quantitative estimate of drug-likeness (QED) is 0.422. The Hall–Kier alpha value is -4.00. The third-order valence-corrected chi connectivity index (χ3v) is 7.36. The van der Waals surface area contributed by atoms with Crippen molar-refractivity contribution in [1.82, 2.24) is 14.9 Å². The summed E-state index contributed by atoms with van der Waals surface area (Å²) < 4.78 is 2.03. The van der Waals surface area contributed by atoms with Crippen LogP contribution in [-0.4, -0.2) is 34.6 Å². The number of hydrogen-bond donors (Lipinski definition) is 2. The minimum atomic E-state index is -0.272. The van der Waals surface area contributed by atoms with Crippen molar-refractivity contribution in [3.8, 4) is 6.07 Å². The standard InChI is InChI=1S/C27H26N6O2S/c28-13-19-9-4-5-10-20(19)15-33-26(35)24-23(31-27(33)32-12-6-11-21(29)16-32)22(17-36-24)25(34)30-14-18-7-2-1-3-8-18/h1-5,7-10,17,21H,6,11-12,14-16,29H2,(H,30,34). The Morgan fingerprint density at radius 2 is 1.97 bits per heavy atom. The fraction of sp³-hybridized carbons (Fsp3) is 0.259. The molecule has 36 heavy (non-hydrogen) atoms. The predicted octanol–water partition coefficient (Wildman–Crippen LogP) is 3.24. The molecule has 0 bridgehead atoms. The highest BCUT2D eigenvalue weighted by Gasteiger charge is 2.25. The SMILES string of the molecule is N#Cc1ccccc1Cn1c(N2CCCC(N)C2)nc2c(C(=O)NCc3ccccc3)csc2c1=O. The highest BCUT2D eigenvalue weighted by atomic mass is 32.1. The number of carbonyl (C=O) groups is 1. The van der Waals surface area contributed by atoms with E-state index in [0.717, 1.165) is 24.0 Å². The maximum absolute atomic E-state index is 13.8. The number of rotatable bonds is 6. The molecule has 1 aliphatic rings. The van der Waals surface area contributed by atoms with Crippen LogP contribution in [0.15, 0.2) is 64.8 Å². The molecule has 0 radical (unpaired) electrons. The Morgan fingerprint density at radius 3 is 2.75 bits per heavy atom. The van der Waals surface area contributed by atoms with Gasteiger partial charge in [-0.3, -0.25) is 14.2 Å². The zero-order valence-corrected chi connectivity index (χ0v) is 20.5. The third kappa shape index (κ3) is 4.73. The number of amides is 1. The first-order chi connectivity index (χ1) is 17.5. The van der Waals surface area contributed by atoms with Crippen molar-refractivity contribution in [2.75, 3.05) is 18.0 Å². The van der Waals surface area contributed by atoms with Crippen LogP contribution in [0.5, 0.6) is 0 Å². The van der Waals surface area contributed by atoms with Gasteiger partial charge >= 0.3 is 0 Å². The molecule has 1 saturated heterocycles. The van der Waals surface area contributed by atoms with Crippen LogP contribution in [0.2, 0.25) is 0 Å². The van der Waals surface area contributed by atoms with E-state index in [4.69, 9.17) is 10.7 Å². The van der Waals surface area contributed by atoms with Gasteiger partial charge in [-0.2, -0.15) is 5.26 Å². The van der Waals surface area contributed by atoms with Crippen LogP contribution in [0.25, 0.3) is 10.2 Å². The van der Waals surface area contributed by atoms with Gasteiger partial charge in [-0.1, -0.05) is 48.5 Å². The third-order valence-electron chi connectivity index (χ3n) is 6.40. The first-order valence-electron chi connectivity index (χ1n) is 11.9. The van der Waals surface area contributed by atoms with Crippen LogP contribution in [0.3, 0.4) is 0 Å². The summed E-state index contributed by atoms with van der Waals surface area (Å²) in [7, 11) is 0. The van der Waals surface area contributed by atoms with Gasteiger partial charge in [0.1, 0.15) is 10.2 Å². The van der Waals surface area contributed by atoms with Crippen LogP contribution in [0.1, 0.15) is 39.9 Å². The summed E-state index contributed by atoms with van der Waals surface area (Å²) in [5.74, 6) is 0.205. The smallest absolute Gasteiger partial charge is 0.273 e. The van der Waals surface area contributed by atoms with E-state index in [-0.39, 0.29) is 24.1 Å². The van der Waals surface area contributed by atoms with Gasteiger partial charge in [0.15, 0.2) is 0 Å². The lowest BCUT2D eigenvalue weighted by molar-refractivity contribution is 0.0952.